The van der Waals surface area contributed by atoms with E-state index in [0.717, 1.165) is 6.42 Å². The minimum Gasteiger partial charge on any atom is -0.390 e. The number of likely N-dealkylation sites (tertiary alicyclic amines) is 1. The van der Waals surface area contributed by atoms with Crippen molar-refractivity contribution in [3.63, 3.8) is 0 Å². The summed E-state index contributed by atoms with van der Waals surface area (Å²) in [7, 11) is 0. The third-order valence-corrected chi connectivity index (χ3v) is 3.86. The van der Waals surface area contributed by atoms with Gasteiger partial charge < -0.3 is 15.4 Å². The first kappa shape index (κ1) is 15.0. The molecule has 1 atom stereocenters. The van der Waals surface area contributed by atoms with Crippen LogP contribution in [0.4, 0.5) is 5.82 Å². The molecule has 1 aliphatic rings. The van der Waals surface area contributed by atoms with Crippen LogP contribution in [0, 0.1) is 0 Å². The zero-order chi connectivity index (χ0) is 14.8. The van der Waals surface area contributed by atoms with Crippen LogP contribution in [0.1, 0.15) is 36.5 Å². The van der Waals surface area contributed by atoms with Gasteiger partial charge in [0, 0.05) is 19.3 Å². The maximum atomic E-state index is 12.4. The van der Waals surface area contributed by atoms with E-state index >= 15 is 0 Å². The standard InChI is InChI=1S/C13H19ClN4O2/c1-13(20)3-2-5-18(6-4-13)12(19)9-7-10(14)11(17-15)16-8-9/h7-8,20H,2-6,15H2,1H3,(H,16,17). The molecule has 4 N–H and O–H groups in total. The molecule has 1 fully saturated rings. The molecule has 2 heterocycles. The van der Waals surface area contributed by atoms with Gasteiger partial charge in [0.25, 0.3) is 5.91 Å². The van der Waals surface area contributed by atoms with Crippen LogP contribution in [0.15, 0.2) is 12.3 Å². The molecule has 0 saturated carbocycles. The van der Waals surface area contributed by atoms with Gasteiger partial charge in [-0.2, -0.15) is 0 Å². The fourth-order valence-corrected chi connectivity index (χ4v) is 2.53. The van der Waals surface area contributed by atoms with Crippen molar-refractivity contribution in [1.29, 1.82) is 0 Å². The van der Waals surface area contributed by atoms with Crippen molar-refractivity contribution >= 4 is 23.3 Å². The summed E-state index contributed by atoms with van der Waals surface area (Å²) in [5.74, 6) is 5.46. The Kier molecular flexibility index (Phi) is 4.47. The number of amides is 1. The molecule has 1 amide bonds. The average molecular weight is 299 g/mol. The molecule has 6 nitrogen and oxygen atoms in total. The lowest BCUT2D eigenvalue weighted by Gasteiger charge is -2.22. The summed E-state index contributed by atoms with van der Waals surface area (Å²) < 4.78 is 0. The first-order valence-corrected chi connectivity index (χ1v) is 6.94. The van der Waals surface area contributed by atoms with Crippen molar-refractivity contribution in [2.24, 2.45) is 5.84 Å². The van der Waals surface area contributed by atoms with Crippen LogP contribution in [0.2, 0.25) is 5.02 Å². The lowest BCUT2D eigenvalue weighted by Crippen LogP contribution is -2.33. The molecular weight excluding hydrogens is 280 g/mol. The number of hydrogen-bond donors (Lipinski definition) is 3. The number of nitrogen functional groups attached to an aromatic ring is 1. The third kappa shape index (κ3) is 3.39. The summed E-state index contributed by atoms with van der Waals surface area (Å²) in [5.41, 5.74) is 2.09. The van der Waals surface area contributed by atoms with Gasteiger partial charge in [-0.05, 0) is 32.3 Å². The SMILES string of the molecule is CC1(O)CCCN(C(=O)c2cnc(NN)c(Cl)c2)CC1. The van der Waals surface area contributed by atoms with Crippen LogP contribution in [-0.4, -0.2) is 39.6 Å². The molecular formula is C13H19ClN4O2. The summed E-state index contributed by atoms with van der Waals surface area (Å²) >= 11 is 5.97. The van der Waals surface area contributed by atoms with E-state index in [1.54, 1.807) is 17.9 Å². The molecule has 110 valence electrons. The Hall–Kier alpha value is -1.37. The van der Waals surface area contributed by atoms with Crippen LogP contribution < -0.4 is 11.3 Å². The van der Waals surface area contributed by atoms with Gasteiger partial charge >= 0.3 is 0 Å². The molecule has 2 rings (SSSR count). The van der Waals surface area contributed by atoms with Crippen LogP contribution >= 0.6 is 11.6 Å². The number of hydrazine groups is 1. The lowest BCUT2D eigenvalue weighted by molar-refractivity contribution is 0.0438. The molecule has 1 aliphatic heterocycles. The molecule has 0 radical (unpaired) electrons. The van der Waals surface area contributed by atoms with E-state index in [-0.39, 0.29) is 5.91 Å². The van der Waals surface area contributed by atoms with E-state index < -0.39 is 5.60 Å². The van der Waals surface area contributed by atoms with Gasteiger partial charge in [-0.25, -0.2) is 10.8 Å². The molecule has 1 aromatic rings. The van der Waals surface area contributed by atoms with Gasteiger partial charge in [0.05, 0.1) is 16.2 Å². The lowest BCUT2D eigenvalue weighted by atomic mass is 9.98. The number of aromatic nitrogens is 1. The van der Waals surface area contributed by atoms with E-state index in [4.69, 9.17) is 17.4 Å². The van der Waals surface area contributed by atoms with E-state index in [9.17, 15) is 9.90 Å². The second kappa shape index (κ2) is 5.95. The van der Waals surface area contributed by atoms with Crippen LogP contribution in [0.5, 0.6) is 0 Å². The summed E-state index contributed by atoms with van der Waals surface area (Å²) in [5, 5.41) is 10.3. The second-order valence-corrected chi connectivity index (χ2v) is 5.75. The number of anilines is 1. The average Bonchev–Trinajstić information content (AvgIpc) is 2.59. The molecule has 0 aromatic carbocycles. The van der Waals surface area contributed by atoms with Crippen molar-refractivity contribution < 1.29 is 9.90 Å². The predicted molar refractivity (Wildman–Crippen MR) is 77.4 cm³/mol. The number of carbonyl (C=O) groups is 1. The van der Waals surface area contributed by atoms with Crippen molar-refractivity contribution in [2.75, 3.05) is 18.5 Å². The number of halogens is 1. The Morgan fingerprint density at radius 3 is 2.95 bits per heavy atom. The largest absolute Gasteiger partial charge is 0.390 e. The van der Waals surface area contributed by atoms with Crippen molar-refractivity contribution in [3.05, 3.63) is 22.8 Å². The smallest absolute Gasteiger partial charge is 0.255 e. The molecule has 20 heavy (non-hydrogen) atoms. The Bertz CT molecular complexity index is 507. The van der Waals surface area contributed by atoms with Crippen molar-refractivity contribution in [2.45, 2.75) is 31.8 Å². The number of aliphatic hydroxyl groups is 1. The van der Waals surface area contributed by atoms with Gasteiger partial charge in [-0.15, -0.1) is 0 Å². The zero-order valence-electron chi connectivity index (χ0n) is 11.4. The first-order valence-electron chi connectivity index (χ1n) is 6.57. The normalized spacial score (nSPS) is 23.3. The highest BCUT2D eigenvalue weighted by Gasteiger charge is 2.27. The van der Waals surface area contributed by atoms with Gasteiger partial charge in [-0.3, -0.25) is 4.79 Å². The molecule has 0 spiro atoms. The van der Waals surface area contributed by atoms with Gasteiger partial charge in [0.15, 0.2) is 5.82 Å². The fraction of sp³-hybridized carbons (Fsp3) is 0.538. The number of nitrogens with zero attached hydrogens (tertiary/aromatic N) is 2. The minimum atomic E-state index is -0.696. The molecule has 0 aliphatic carbocycles. The Balaban J connectivity index is 2.13. The highest BCUT2D eigenvalue weighted by Crippen LogP contribution is 2.24. The highest BCUT2D eigenvalue weighted by molar-refractivity contribution is 6.33. The van der Waals surface area contributed by atoms with Gasteiger partial charge in [0.2, 0.25) is 0 Å². The zero-order valence-corrected chi connectivity index (χ0v) is 12.2. The number of carbonyl (C=O) groups excluding carboxylic acids is 1. The molecule has 1 saturated heterocycles. The monoisotopic (exact) mass is 298 g/mol. The van der Waals surface area contributed by atoms with E-state index in [1.807, 2.05) is 0 Å². The van der Waals surface area contributed by atoms with Gasteiger partial charge in [-0.1, -0.05) is 11.6 Å². The van der Waals surface area contributed by atoms with Gasteiger partial charge in [0.1, 0.15) is 0 Å². The maximum absolute atomic E-state index is 12.4. The second-order valence-electron chi connectivity index (χ2n) is 5.34. The summed E-state index contributed by atoms with van der Waals surface area (Å²) in [6, 6.07) is 1.55. The highest BCUT2D eigenvalue weighted by atomic mass is 35.5. The summed E-state index contributed by atoms with van der Waals surface area (Å²) in [6.07, 6.45) is 3.50. The first-order chi connectivity index (χ1) is 9.43. The van der Waals surface area contributed by atoms with Crippen LogP contribution in [-0.2, 0) is 0 Å². The predicted octanol–water partition coefficient (Wildman–Crippen LogP) is 1.40. The third-order valence-electron chi connectivity index (χ3n) is 3.58. The maximum Gasteiger partial charge on any atom is 0.255 e. The number of hydrogen-bond acceptors (Lipinski definition) is 5. The summed E-state index contributed by atoms with van der Waals surface area (Å²) in [6.45, 7) is 2.96. The van der Waals surface area contributed by atoms with E-state index in [2.05, 4.69) is 10.4 Å². The Morgan fingerprint density at radius 2 is 2.30 bits per heavy atom. The number of rotatable bonds is 2. The Morgan fingerprint density at radius 1 is 1.55 bits per heavy atom. The fourth-order valence-electron chi connectivity index (χ4n) is 2.31. The molecule has 1 aromatic heterocycles. The minimum absolute atomic E-state index is 0.124. The van der Waals surface area contributed by atoms with E-state index in [1.165, 1.54) is 6.20 Å². The van der Waals surface area contributed by atoms with Crippen LogP contribution in [0.25, 0.3) is 0 Å². The van der Waals surface area contributed by atoms with Crippen molar-refractivity contribution in [1.82, 2.24) is 9.88 Å². The van der Waals surface area contributed by atoms with Crippen LogP contribution in [0.3, 0.4) is 0 Å². The number of pyridine rings is 1. The summed E-state index contributed by atoms with van der Waals surface area (Å²) in [4.78, 5) is 18.1. The number of nitrogens with one attached hydrogen (secondary N) is 1. The quantitative estimate of drug-likeness (QED) is 0.567. The topological polar surface area (TPSA) is 91.5 Å². The van der Waals surface area contributed by atoms with Crippen molar-refractivity contribution in [3.8, 4) is 0 Å². The molecule has 7 heteroatoms. The number of nitrogens with two attached hydrogens (primary N) is 1. The molecule has 0 bridgehead atoms. The Labute approximate surface area is 122 Å². The molecule has 1 unspecified atom stereocenters. The van der Waals surface area contributed by atoms with E-state index in [0.29, 0.717) is 42.3 Å².